The van der Waals surface area contributed by atoms with Crippen molar-refractivity contribution in [1.29, 1.82) is 0 Å². The fourth-order valence-electron chi connectivity index (χ4n) is 3.67. The van der Waals surface area contributed by atoms with E-state index in [0.717, 1.165) is 15.6 Å². The predicted molar refractivity (Wildman–Crippen MR) is 104 cm³/mol. The molecule has 0 unspecified atom stereocenters. The molecule has 1 saturated heterocycles. The lowest BCUT2D eigenvalue weighted by atomic mass is 10.0. The van der Waals surface area contributed by atoms with E-state index in [1.54, 1.807) is 29.4 Å². The van der Waals surface area contributed by atoms with Crippen LogP contribution in [-0.4, -0.2) is 52.3 Å². The summed E-state index contributed by atoms with van der Waals surface area (Å²) in [6.45, 7) is 2.17. The van der Waals surface area contributed by atoms with Gasteiger partial charge in [-0.15, -0.1) is 21.5 Å². The first kappa shape index (κ1) is 18.1. The minimum atomic E-state index is -2.71. The number of piperidine rings is 1. The summed E-state index contributed by atoms with van der Waals surface area (Å²) in [5.41, 5.74) is 2.01. The van der Waals surface area contributed by atoms with E-state index in [0.29, 0.717) is 23.6 Å². The van der Waals surface area contributed by atoms with Gasteiger partial charge in [-0.05, 0) is 49.2 Å². The molecular weight excluding hydrogens is 370 g/mol. The largest absolute Gasteiger partial charge is 0.507 e. The Morgan fingerprint density at radius 1 is 1.30 bits per heavy atom. The third-order valence-corrected chi connectivity index (χ3v) is 5.66. The van der Waals surface area contributed by atoms with Crippen LogP contribution in [0.1, 0.15) is 12.0 Å². The van der Waals surface area contributed by atoms with Crippen LogP contribution in [0, 0.1) is 6.92 Å². The van der Waals surface area contributed by atoms with Crippen LogP contribution >= 0.6 is 11.3 Å². The first-order valence-electron chi connectivity index (χ1n) is 8.69. The number of likely N-dealkylation sites (N-methyl/N-ethyl adjacent to an activating group) is 1. The van der Waals surface area contributed by atoms with Crippen LogP contribution in [0.4, 0.5) is 14.6 Å². The van der Waals surface area contributed by atoms with Gasteiger partial charge >= 0.3 is 0 Å². The maximum Gasteiger partial charge on any atom is 0.262 e. The van der Waals surface area contributed by atoms with Crippen LogP contribution in [0.25, 0.3) is 21.3 Å². The molecule has 0 spiro atoms. The summed E-state index contributed by atoms with van der Waals surface area (Å²) in [5.74, 6) is -2.07. The molecule has 1 aliphatic rings. The summed E-state index contributed by atoms with van der Waals surface area (Å²) in [5, 5.41) is 24.8. The normalized spacial score (nSPS) is 20.1. The molecule has 1 aliphatic heterocycles. The highest BCUT2D eigenvalue weighted by atomic mass is 32.1. The number of anilines is 1. The molecule has 142 valence electrons. The number of hydrogen-bond acceptors (Lipinski definition) is 6. The number of rotatable bonds is 3. The van der Waals surface area contributed by atoms with Crippen molar-refractivity contribution >= 4 is 27.2 Å². The van der Waals surface area contributed by atoms with Crippen molar-refractivity contribution in [2.24, 2.45) is 0 Å². The molecule has 4 rings (SSSR count). The standard InChI is InChI=1S/C19H20F2N4OS/c1-11-7-16(22-12-8-19(20,21)10-25(2)9-12)23-24-17(11)14-3-4-15-13(18(14)26)5-6-27-15/h3-7,12,26H,8-10H2,1-2H3,(H,22,23)/t12-/m0/s1. The molecule has 27 heavy (non-hydrogen) atoms. The molecule has 0 saturated carbocycles. The molecule has 0 radical (unpaired) electrons. The number of benzene rings is 1. The van der Waals surface area contributed by atoms with E-state index in [2.05, 4.69) is 15.5 Å². The van der Waals surface area contributed by atoms with Crippen LogP contribution in [-0.2, 0) is 0 Å². The first-order chi connectivity index (χ1) is 12.8. The van der Waals surface area contributed by atoms with Crippen LogP contribution < -0.4 is 5.32 Å². The summed E-state index contributed by atoms with van der Waals surface area (Å²) < 4.78 is 28.5. The number of aromatic hydroxyl groups is 1. The fraction of sp³-hybridized carbons (Fsp3) is 0.368. The van der Waals surface area contributed by atoms with Gasteiger partial charge in [0.1, 0.15) is 11.6 Å². The highest BCUT2D eigenvalue weighted by Crippen LogP contribution is 2.38. The van der Waals surface area contributed by atoms with Crippen LogP contribution in [0.3, 0.4) is 0 Å². The number of nitrogens with zero attached hydrogens (tertiary/aromatic N) is 3. The van der Waals surface area contributed by atoms with Crippen LogP contribution in [0.5, 0.6) is 5.75 Å². The van der Waals surface area contributed by atoms with Gasteiger partial charge in [0.15, 0.2) is 0 Å². The lowest BCUT2D eigenvalue weighted by Gasteiger charge is -2.35. The summed E-state index contributed by atoms with van der Waals surface area (Å²) >= 11 is 1.56. The lowest BCUT2D eigenvalue weighted by Crippen LogP contribution is -2.50. The lowest BCUT2D eigenvalue weighted by molar-refractivity contribution is -0.0611. The number of halogens is 2. The van der Waals surface area contributed by atoms with Gasteiger partial charge in [-0.2, -0.15) is 0 Å². The number of nitrogens with one attached hydrogen (secondary N) is 1. The maximum atomic E-state index is 13.8. The van der Waals surface area contributed by atoms with Gasteiger partial charge in [-0.1, -0.05) is 0 Å². The molecule has 0 aliphatic carbocycles. The molecule has 2 aromatic heterocycles. The number of likely N-dealkylation sites (tertiary alicyclic amines) is 1. The van der Waals surface area contributed by atoms with Crippen molar-refractivity contribution in [3.8, 4) is 17.0 Å². The van der Waals surface area contributed by atoms with E-state index >= 15 is 0 Å². The third-order valence-electron chi connectivity index (χ3n) is 4.78. The first-order valence-corrected chi connectivity index (χ1v) is 9.57. The van der Waals surface area contributed by atoms with Gasteiger partial charge in [-0.3, -0.25) is 4.90 Å². The summed E-state index contributed by atoms with van der Waals surface area (Å²) in [6.07, 6.45) is -0.227. The molecule has 0 amide bonds. The fourth-order valence-corrected chi connectivity index (χ4v) is 4.46. The van der Waals surface area contributed by atoms with E-state index in [4.69, 9.17) is 0 Å². The molecule has 1 fully saturated rings. The monoisotopic (exact) mass is 390 g/mol. The van der Waals surface area contributed by atoms with E-state index in [9.17, 15) is 13.9 Å². The molecular formula is C19H20F2N4OS. The molecule has 1 aromatic carbocycles. The van der Waals surface area contributed by atoms with Crippen LogP contribution in [0.15, 0.2) is 29.6 Å². The Bertz CT molecular complexity index is 991. The number of aryl methyl sites for hydroxylation is 1. The molecule has 8 heteroatoms. The predicted octanol–water partition coefficient (Wildman–Crippen LogP) is 4.12. The highest BCUT2D eigenvalue weighted by Gasteiger charge is 2.39. The summed E-state index contributed by atoms with van der Waals surface area (Å²) in [7, 11) is 1.69. The van der Waals surface area contributed by atoms with Crippen molar-refractivity contribution in [2.75, 3.05) is 25.5 Å². The van der Waals surface area contributed by atoms with Crippen molar-refractivity contribution in [1.82, 2.24) is 15.1 Å². The van der Waals surface area contributed by atoms with Crippen LogP contribution in [0.2, 0.25) is 0 Å². The zero-order chi connectivity index (χ0) is 19.2. The van der Waals surface area contributed by atoms with Crippen molar-refractivity contribution in [3.05, 3.63) is 35.2 Å². The van der Waals surface area contributed by atoms with E-state index in [1.807, 2.05) is 30.5 Å². The van der Waals surface area contributed by atoms with Crippen molar-refractivity contribution in [3.63, 3.8) is 0 Å². The van der Waals surface area contributed by atoms with Gasteiger partial charge in [0.2, 0.25) is 0 Å². The molecule has 1 atom stereocenters. The quantitative estimate of drug-likeness (QED) is 0.704. The molecule has 3 heterocycles. The summed E-state index contributed by atoms with van der Waals surface area (Å²) in [6, 6.07) is 7.04. The van der Waals surface area contributed by atoms with Gasteiger partial charge in [0, 0.05) is 34.7 Å². The molecule has 2 N–H and O–H groups in total. The zero-order valence-electron chi connectivity index (χ0n) is 15.0. The number of phenolic OH excluding ortho intramolecular Hbond substituents is 1. The Balaban J connectivity index is 1.60. The number of fused-ring (bicyclic) bond motifs is 1. The van der Waals surface area contributed by atoms with E-state index in [-0.39, 0.29) is 18.7 Å². The number of aromatic nitrogens is 2. The van der Waals surface area contributed by atoms with Crippen molar-refractivity contribution < 1.29 is 13.9 Å². The third kappa shape index (κ3) is 3.59. The minimum absolute atomic E-state index is 0.181. The molecule has 3 aromatic rings. The number of phenols is 1. The SMILES string of the molecule is Cc1cc(N[C@@H]2CN(C)CC(F)(F)C2)nnc1-c1ccc2sccc2c1O. The second-order valence-corrected chi connectivity index (χ2v) is 8.10. The van der Waals surface area contributed by atoms with Gasteiger partial charge < -0.3 is 10.4 Å². The average Bonchev–Trinajstić information content (AvgIpc) is 3.04. The second kappa shape index (κ2) is 6.69. The maximum absolute atomic E-state index is 13.8. The van der Waals surface area contributed by atoms with Gasteiger partial charge in [0.25, 0.3) is 5.92 Å². The molecule has 0 bridgehead atoms. The Hall–Kier alpha value is -2.32. The summed E-state index contributed by atoms with van der Waals surface area (Å²) in [4.78, 5) is 1.62. The molecule has 5 nitrogen and oxygen atoms in total. The number of alkyl halides is 2. The Morgan fingerprint density at radius 3 is 2.85 bits per heavy atom. The van der Waals surface area contributed by atoms with E-state index in [1.165, 1.54) is 0 Å². The Labute approximate surface area is 159 Å². The Kier molecular flexibility index (Phi) is 4.47. The highest BCUT2D eigenvalue weighted by molar-refractivity contribution is 7.17. The second-order valence-electron chi connectivity index (χ2n) is 7.15. The average molecular weight is 390 g/mol. The number of thiophene rings is 1. The smallest absolute Gasteiger partial charge is 0.262 e. The minimum Gasteiger partial charge on any atom is -0.507 e. The Morgan fingerprint density at radius 2 is 2.11 bits per heavy atom. The van der Waals surface area contributed by atoms with E-state index < -0.39 is 12.0 Å². The van der Waals surface area contributed by atoms with Crippen molar-refractivity contribution in [2.45, 2.75) is 25.3 Å². The van der Waals surface area contributed by atoms with Gasteiger partial charge in [0.05, 0.1) is 12.2 Å². The zero-order valence-corrected chi connectivity index (χ0v) is 15.9. The van der Waals surface area contributed by atoms with Gasteiger partial charge in [-0.25, -0.2) is 8.78 Å². The topological polar surface area (TPSA) is 61.3 Å². The number of hydrogen-bond donors (Lipinski definition) is 2.